The van der Waals surface area contributed by atoms with E-state index in [2.05, 4.69) is 10.6 Å². The van der Waals surface area contributed by atoms with Crippen molar-refractivity contribution >= 4 is 29.7 Å². The summed E-state index contributed by atoms with van der Waals surface area (Å²) in [4.78, 5) is 50.0. The van der Waals surface area contributed by atoms with Crippen LogP contribution in [0.1, 0.15) is 40.5 Å². The Morgan fingerprint density at radius 3 is 2.23 bits per heavy atom. The predicted octanol–water partition coefficient (Wildman–Crippen LogP) is 2.91. The maximum Gasteiger partial charge on any atom is 0.410 e. The highest BCUT2D eigenvalue weighted by Gasteiger charge is 2.32. The van der Waals surface area contributed by atoms with Gasteiger partial charge in [0.15, 0.2) is 6.10 Å². The third kappa shape index (κ3) is 7.38. The van der Waals surface area contributed by atoms with E-state index in [-0.39, 0.29) is 0 Å². The Morgan fingerprint density at radius 1 is 1.07 bits per heavy atom. The maximum absolute atomic E-state index is 12.4. The molecule has 1 heterocycles. The first kappa shape index (κ1) is 23.2. The van der Waals surface area contributed by atoms with Gasteiger partial charge in [0.05, 0.1) is 5.92 Å². The molecule has 2 N–H and O–H groups in total. The van der Waals surface area contributed by atoms with Gasteiger partial charge >= 0.3 is 18.1 Å². The predicted molar refractivity (Wildman–Crippen MR) is 110 cm³/mol. The van der Waals surface area contributed by atoms with Crippen molar-refractivity contribution in [1.29, 1.82) is 0 Å². The molecule has 0 aromatic heterocycles. The third-order valence-electron chi connectivity index (χ3n) is 4.41. The lowest BCUT2D eigenvalue weighted by atomic mass is 9.97. The Morgan fingerprint density at radius 2 is 1.67 bits per heavy atom. The topological polar surface area (TPSA) is 114 Å². The second-order valence-corrected chi connectivity index (χ2v) is 8.13. The molecule has 2 rings (SSSR count). The van der Waals surface area contributed by atoms with Crippen LogP contribution in [0.2, 0.25) is 0 Å². The average Bonchev–Trinajstić information content (AvgIpc) is 2.67. The number of anilines is 1. The number of likely N-dealkylation sites (tertiary alicyclic amines) is 1. The van der Waals surface area contributed by atoms with Gasteiger partial charge in [-0.25, -0.2) is 9.59 Å². The number of rotatable bonds is 4. The minimum absolute atomic E-state index is 0.370. The van der Waals surface area contributed by atoms with Crippen molar-refractivity contribution in [1.82, 2.24) is 10.2 Å². The van der Waals surface area contributed by atoms with Crippen LogP contribution in [0.5, 0.6) is 0 Å². The molecule has 0 spiro atoms. The summed E-state index contributed by atoms with van der Waals surface area (Å²) in [6.45, 7) is 7.52. The largest absolute Gasteiger partial charge is 0.452 e. The number of nitrogens with zero attached hydrogens (tertiary/aromatic N) is 1. The zero-order valence-electron chi connectivity index (χ0n) is 17.8. The Balaban J connectivity index is 1.75. The number of ether oxygens (including phenoxy) is 2. The van der Waals surface area contributed by atoms with Gasteiger partial charge in [-0.05, 0) is 52.7 Å². The summed E-state index contributed by atoms with van der Waals surface area (Å²) in [6.07, 6.45) is -0.698. The molecule has 1 aromatic carbocycles. The quantitative estimate of drug-likeness (QED) is 0.726. The lowest BCUT2D eigenvalue weighted by molar-refractivity contribution is -0.159. The van der Waals surface area contributed by atoms with Gasteiger partial charge in [0.2, 0.25) is 0 Å². The molecule has 1 atom stereocenters. The number of imide groups is 1. The average molecular weight is 419 g/mol. The monoisotopic (exact) mass is 419 g/mol. The summed E-state index contributed by atoms with van der Waals surface area (Å²) in [5.74, 6) is -1.66. The van der Waals surface area contributed by atoms with Gasteiger partial charge < -0.3 is 19.7 Å². The second kappa shape index (κ2) is 10.1. The number of piperidine rings is 1. The van der Waals surface area contributed by atoms with Crippen molar-refractivity contribution in [3.8, 4) is 0 Å². The molecule has 1 saturated heterocycles. The van der Waals surface area contributed by atoms with Gasteiger partial charge in [-0.1, -0.05) is 18.2 Å². The van der Waals surface area contributed by atoms with Crippen LogP contribution >= 0.6 is 0 Å². The Hall–Kier alpha value is -3.10. The van der Waals surface area contributed by atoms with Crippen LogP contribution in [-0.2, 0) is 19.1 Å². The number of hydrogen-bond acceptors (Lipinski definition) is 6. The molecule has 9 nitrogen and oxygen atoms in total. The van der Waals surface area contributed by atoms with Crippen molar-refractivity contribution in [3.05, 3.63) is 30.3 Å². The first-order valence-electron chi connectivity index (χ1n) is 9.90. The van der Waals surface area contributed by atoms with Gasteiger partial charge in [0.1, 0.15) is 5.60 Å². The summed E-state index contributed by atoms with van der Waals surface area (Å²) in [5.41, 5.74) is -0.0492. The van der Waals surface area contributed by atoms with E-state index in [9.17, 15) is 19.2 Å². The van der Waals surface area contributed by atoms with Gasteiger partial charge in [-0.15, -0.1) is 0 Å². The van der Waals surface area contributed by atoms with Gasteiger partial charge in [-0.3, -0.25) is 14.9 Å². The molecular weight excluding hydrogens is 390 g/mol. The van der Waals surface area contributed by atoms with E-state index < -0.39 is 41.6 Å². The van der Waals surface area contributed by atoms with Crippen molar-refractivity contribution < 1.29 is 28.7 Å². The summed E-state index contributed by atoms with van der Waals surface area (Å²) in [5, 5.41) is 4.66. The van der Waals surface area contributed by atoms with Gasteiger partial charge in [0.25, 0.3) is 5.91 Å². The van der Waals surface area contributed by atoms with Crippen LogP contribution in [0.3, 0.4) is 0 Å². The number of carbonyl (C=O) groups excluding carboxylic acids is 4. The highest BCUT2D eigenvalue weighted by Crippen LogP contribution is 2.21. The fourth-order valence-corrected chi connectivity index (χ4v) is 2.85. The number of nitrogens with one attached hydrogen (secondary N) is 2. The molecular formula is C21H29N3O6. The minimum Gasteiger partial charge on any atom is -0.452 e. The molecule has 1 aliphatic rings. The second-order valence-electron chi connectivity index (χ2n) is 8.13. The van der Waals surface area contributed by atoms with Crippen molar-refractivity contribution in [2.24, 2.45) is 5.92 Å². The molecule has 4 amide bonds. The van der Waals surface area contributed by atoms with E-state index in [4.69, 9.17) is 9.47 Å². The number of amides is 4. The Kier molecular flexibility index (Phi) is 7.79. The minimum atomic E-state index is -1.12. The van der Waals surface area contributed by atoms with E-state index in [1.165, 1.54) is 6.92 Å². The van der Waals surface area contributed by atoms with E-state index in [0.717, 1.165) is 0 Å². The van der Waals surface area contributed by atoms with Crippen LogP contribution < -0.4 is 10.6 Å². The van der Waals surface area contributed by atoms with Crippen LogP contribution in [0.4, 0.5) is 15.3 Å². The molecule has 0 aliphatic carbocycles. The maximum atomic E-state index is 12.4. The lowest BCUT2D eigenvalue weighted by Crippen LogP contribution is -2.45. The number of esters is 1. The molecule has 9 heteroatoms. The van der Waals surface area contributed by atoms with Gasteiger partial charge in [0, 0.05) is 18.8 Å². The molecule has 1 aromatic rings. The lowest BCUT2D eigenvalue weighted by Gasteiger charge is -2.32. The van der Waals surface area contributed by atoms with E-state index >= 15 is 0 Å². The smallest absolute Gasteiger partial charge is 0.410 e. The number of benzene rings is 1. The van der Waals surface area contributed by atoms with Crippen LogP contribution in [0.15, 0.2) is 30.3 Å². The van der Waals surface area contributed by atoms with Crippen LogP contribution in [0, 0.1) is 5.92 Å². The Labute approximate surface area is 176 Å². The standard InChI is InChI=1S/C21H29N3O6/c1-14(17(25)23-19(27)22-16-8-6-5-7-9-16)29-18(26)15-10-12-24(13-11-15)20(28)30-21(2,3)4/h5-9,14-15H,10-13H2,1-4H3,(H2,22,23,25,27). The number of para-hydroxylation sites is 1. The van der Waals surface area contributed by atoms with E-state index in [0.29, 0.717) is 31.6 Å². The van der Waals surface area contributed by atoms with E-state index in [1.807, 2.05) is 0 Å². The zero-order valence-corrected chi connectivity index (χ0v) is 17.8. The number of hydrogen-bond donors (Lipinski definition) is 2. The third-order valence-corrected chi connectivity index (χ3v) is 4.41. The highest BCUT2D eigenvalue weighted by molar-refractivity contribution is 6.02. The molecule has 0 radical (unpaired) electrons. The molecule has 30 heavy (non-hydrogen) atoms. The first-order chi connectivity index (χ1) is 14.0. The summed E-state index contributed by atoms with van der Waals surface area (Å²) in [7, 11) is 0. The molecule has 1 fully saturated rings. The summed E-state index contributed by atoms with van der Waals surface area (Å²) in [6, 6.07) is 7.94. The number of urea groups is 1. The fourth-order valence-electron chi connectivity index (χ4n) is 2.85. The molecule has 164 valence electrons. The molecule has 1 aliphatic heterocycles. The summed E-state index contributed by atoms with van der Waals surface area (Å²) < 4.78 is 10.5. The SMILES string of the molecule is CC(OC(=O)C1CCN(C(=O)OC(C)(C)C)CC1)C(=O)NC(=O)Nc1ccccc1. The normalized spacial score (nSPS) is 15.7. The van der Waals surface area contributed by atoms with Gasteiger partial charge in [-0.2, -0.15) is 0 Å². The number of carbonyl (C=O) groups is 4. The molecule has 0 saturated carbocycles. The van der Waals surface area contributed by atoms with Crippen molar-refractivity contribution in [2.75, 3.05) is 18.4 Å². The first-order valence-corrected chi connectivity index (χ1v) is 9.90. The van der Waals surface area contributed by atoms with Crippen LogP contribution in [-0.4, -0.2) is 53.7 Å². The van der Waals surface area contributed by atoms with Crippen LogP contribution in [0.25, 0.3) is 0 Å². The summed E-state index contributed by atoms with van der Waals surface area (Å²) >= 11 is 0. The zero-order chi connectivity index (χ0) is 22.3. The highest BCUT2D eigenvalue weighted by atomic mass is 16.6. The molecule has 1 unspecified atom stereocenters. The molecule has 0 bridgehead atoms. The van der Waals surface area contributed by atoms with Crippen molar-refractivity contribution in [2.45, 2.75) is 52.2 Å². The fraction of sp³-hybridized carbons (Fsp3) is 0.524. The Bertz CT molecular complexity index is 767. The van der Waals surface area contributed by atoms with Crippen molar-refractivity contribution in [3.63, 3.8) is 0 Å². The van der Waals surface area contributed by atoms with E-state index in [1.54, 1.807) is 56.0 Å².